The normalized spacial score (nSPS) is 13.7. The number of carbonyl (C=O) groups is 3. The van der Waals surface area contributed by atoms with Gasteiger partial charge in [0.1, 0.15) is 6.04 Å². The molecular formula is C10H12F3N3O5. The highest BCUT2D eigenvalue weighted by molar-refractivity contribution is 6.25. The fraction of sp³-hybridized carbons (Fsp3) is 0.600. The number of hydrogen-bond acceptors (Lipinski definition) is 4. The molecule has 0 saturated heterocycles. The molecule has 0 aliphatic heterocycles. The number of carboxylic acid groups (broad SMARTS) is 1. The Balaban J connectivity index is 4.78. The number of ketones is 1. The summed E-state index contributed by atoms with van der Waals surface area (Å²) in [4.78, 5) is 35.6. The Bertz CT molecular complexity index is 459. The summed E-state index contributed by atoms with van der Waals surface area (Å²) in [5.74, 6) is -4.05. The van der Waals surface area contributed by atoms with E-state index in [-0.39, 0.29) is 0 Å². The van der Waals surface area contributed by atoms with Gasteiger partial charge in [0, 0.05) is 13.5 Å². The van der Waals surface area contributed by atoms with Crippen LogP contribution < -0.4 is 5.32 Å². The van der Waals surface area contributed by atoms with Crippen LogP contribution in [0.5, 0.6) is 0 Å². The number of alkyl halides is 3. The van der Waals surface area contributed by atoms with Crippen molar-refractivity contribution in [3.8, 4) is 0 Å². The number of Topliss-reactive ketones (excluding diaryl/α,β-unsaturated/α-hetero) is 1. The predicted molar refractivity (Wildman–Crippen MR) is 60.3 cm³/mol. The molecule has 0 aliphatic rings. The van der Waals surface area contributed by atoms with E-state index in [0.717, 1.165) is 0 Å². The topological polar surface area (TPSA) is 129 Å². The third-order valence-electron chi connectivity index (χ3n) is 2.27. The van der Waals surface area contributed by atoms with Gasteiger partial charge in [-0.25, -0.2) is 4.79 Å². The second-order valence-electron chi connectivity index (χ2n) is 3.81. The first-order chi connectivity index (χ1) is 9.63. The molecule has 0 aromatic rings. The van der Waals surface area contributed by atoms with Gasteiger partial charge >= 0.3 is 18.4 Å². The van der Waals surface area contributed by atoms with Crippen LogP contribution in [0.2, 0.25) is 0 Å². The largest absolute Gasteiger partial charge is 0.480 e. The maximum atomic E-state index is 12.4. The van der Waals surface area contributed by atoms with Crippen LogP contribution in [0, 0.1) is 0 Å². The molecule has 0 spiro atoms. The van der Waals surface area contributed by atoms with Crippen LogP contribution in [0.25, 0.3) is 5.53 Å². The van der Waals surface area contributed by atoms with Crippen molar-refractivity contribution in [3.63, 3.8) is 0 Å². The van der Waals surface area contributed by atoms with Crippen molar-refractivity contribution >= 4 is 23.9 Å². The van der Waals surface area contributed by atoms with Crippen molar-refractivity contribution in [1.29, 1.82) is 0 Å². The minimum absolute atomic E-state index is 0.440. The molecule has 0 aromatic carbocycles. The zero-order valence-corrected chi connectivity index (χ0v) is 10.8. The average molecular weight is 311 g/mol. The first-order valence-corrected chi connectivity index (χ1v) is 5.46. The van der Waals surface area contributed by atoms with Crippen molar-refractivity contribution in [2.45, 2.75) is 31.2 Å². The quantitative estimate of drug-likeness (QED) is 0.364. The van der Waals surface area contributed by atoms with Gasteiger partial charge in [-0.05, 0) is 6.42 Å². The number of amides is 1. The van der Waals surface area contributed by atoms with Gasteiger partial charge in [-0.3, -0.25) is 9.59 Å². The first-order valence-electron chi connectivity index (χ1n) is 5.46. The van der Waals surface area contributed by atoms with E-state index in [1.165, 1.54) is 0 Å². The number of methoxy groups -OCH3 is 1. The van der Waals surface area contributed by atoms with Gasteiger partial charge in [0.15, 0.2) is 0 Å². The monoisotopic (exact) mass is 311 g/mol. The minimum Gasteiger partial charge on any atom is -0.480 e. The van der Waals surface area contributed by atoms with E-state index in [2.05, 4.69) is 9.53 Å². The summed E-state index contributed by atoms with van der Waals surface area (Å²) in [7, 11) is 0.648. The average Bonchev–Trinajstić information content (AvgIpc) is 2.33. The molecule has 0 bridgehead atoms. The number of carbonyl (C=O) groups excluding carboxylic acids is 2. The van der Waals surface area contributed by atoms with Crippen LogP contribution in [0.4, 0.5) is 13.2 Å². The van der Waals surface area contributed by atoms with Crippen LogP contribution in [-0.2, 0) is 19.1 Å². The summed E-state index contributed by atoms with van der Waals surface area (Å²) >= 11 is 0. The lowest BCUT2D eigenvalue weighted by Crippen LogP contribution is -2.51. The van der Waals surface area contributed by atoms with Gasteiger partial charge in [0.2, 0.25) is 11.9 Å². The zero-order chi connectivity index (χ0) is 16.6. The van der Waals surface area contributed by atoms with Crippen LogP contribution in [0.1, 0.15) is 12.8 Å². The van der Waals surface area contributed by atoms with E-state index in [1.54, 1.807) is 5.32 Å². The Morgan fingerprint density at radius 1 is 1.43 bits per heavy atom. The molecule has 0 rings (SSSR count). The Hall–Kier alpha value is -2.26. The number of nitrogens with one attached hydrogen (secondary N) is 1. The number of hydrogen-bond donors (Lipinski definition) is 2. The molecule has 0 aliphatic carbocycles. The molecule has 21 heavy (non-hydrogen) atoms. The summed E-state index contributed by atoms with van der Waals surface area (Å²) < 4.78 is 41.2. The number of carboxylic acids is 1. The smallest absolute Gasteiger partial charge is 0.423 e. The van der Waals surface area contributed by atoms with Crippen LogP contribution in [0.3, 0.4) is 0 Å². The Morgan fingerprint density at radius 2 is 2.00 bits per heavy atom. The molecule has 8 nitrogen and oxygen atoms in total. The maximum Gasteiger partial charge on any atom is 0.423 e. The molecule has 2 N–H and O–H groups in total. The van der Waals surface area contributed by atoms with Crippen molar-refractivity contribution in [2.24, 2.45) is 0 Å². The third kappa shape index (κ3) is 6.63. The molecule has 0 heterocycles. The SMILES string of the molecule is CO[C@H](C(=O)N[C@@H](CCC(=O)C=[N+]=[N-])C(=O)O)C(F)(F)F. The lowest BCUT2D eigenvalue weighted by Gasteiger charge is -2.20. The molecule has 0 fully saturated rings. The maximum absolute atomic E-state index is 12.4. The summed E-state index contributed by atoms with van der Waals surface area (Å²) in [6, 6.07) is -1.71. The van der Waals surface area contributed by atoms with Gasteiger partial charge < -0.3 is 20.7 Å². The zero-order valence-electron chi connectivity index (χ0n) is 10.8. The van der Waals surface area contributed by atoms with Crippen LogP contribution in [0.15, 0.2) is 0 Å². The van der Waals surface area contributed by atoms with E-state index in [9.17, 15) is 27.6 Å². The molecule has 0 radical (unpaired) electrons. The van der Waals surface area contributed by atoms with Crippen LogP contribution in [-0.4, -0.2) is 59.2 Å². The van der Waals surface area contributed by atoms with E-state index in [1.807, 2.05) is 0 Å². The molecule has 1 amide bonds. The lowest BCUT2D eigenvalue weighted by molar-refractivity contribution is -0.212. The number of ether oxygens (including phenoxy) is 1. The highest BCUT2D eigenvalue weighted by Crippen LogP contribution is 2.22. The fourth-order valence-corrected chi connectivity index (χ4v) is 1.31. The molecule has 11 heteroatoms. The Kier molecular flexibility index (Phi) is 7.25. The molecule has 0 unspecified atom stereocenters. The van der Waals surface area contributed by atoms with Gasteiger partial charge in [-0.2, -0.15) is 18.0 Å². The summed E-state index contributed by atoms with van der Waals surface area (Å²) in [6.45, 7) is 0. The molecule has 2 atom stereocenters. The van der Waals surface area contributed by atoms with Crippen LogP contribution >= 0.6 is 0 Å². The number of aliphatic carboxylic acids is 1. The number of rotatable bonds is 8. The highest BCUT2D eigenvalue weighted by atomic mass is 19.4. The first kappa shape index (κ1) is 18.7. The molecule has 0 aromatic heterocycles. The van der Waals surface area contributed by atoms with Gasteiger partial charge in [-0.15, -0.1) is 0 Å². The van der Waals surface area contributed by atoms with Crippen molar-refractivity contribution in [1.82, 2.24) is 5.32 Å². The standard InChI is InChI=1S/C10H12F3N3O5/c1-21-7(10(11,12)13)8(18)16-6(9(19)20)3-2-5(17)4-15-14/h4,6-7H,2-3H2,1H3,(H,16,18)(H,19,20)/t6-,7+/m0/s1. The summed E-state index contributed by atoms with van der Waals surface area (Å²) in [5, 5.41) is 10.4. The van der Waals surface area contributed by atoms with E-state index in [0.29, 0.717) is 13.3 Å². The molecular weight excluding hydrogens is 299 g/mol. The fourth-order valence-electron chi connectivity index (χ4n) is 1.31. The number of nitrogens with zero attached hydrogens (tertiary/aromatic N) is 2. The van der Waals surface area contributed by atoms with Gasteiger partial charge in [-0.1, -0.05) is 0 Å². The third-order valence-corrected chi connectivity index (χ3v) is 2.27. The summed E-state index contributed by atoms with van der Waals surface area (Å²) in [6.07, 6.45) is -8.21. The molecule has 0 saturated carbocycles. The molecule has 118 valence electrons. The van der Waals surface area contributed by atoms with Gasteiger partial charge in [0.05, 0.1) is 0 Å². The van der Waals surface area contributed by atoms with Crippen molar-refractivity contribution in [3.05, 3.63) is 5.53 Å². The van der Waals surface area contributed by atoms with Gasteiger partial charge in [0.25, 0.3) is 5.91 Å². The minimum atomic E-state index is -5.00. The van der Waals surface area contributed by atoms with Crippen molar-refractivity contribution in [2.75, 3.05) is 7.11 Å². The number of halogens is 3. The Morgan fingerprint density at radius 3 is 2.38 bits per heavy atom. The Labute approximate surface area is 116 Å². The second kappa shape index (κ2) is 8.12. The predicted octanol–water partition coefficient (Wildman–Crippen LogP) is -0.217. The van der Waals surface area contributed by atoms with E-state index in [4.69, 9.17) is 10.6 Å². The second-order valence-corrected chi connectivity index (χ2v) is 3.81. The summed E-state index contributed by atoms with van der Waals surface area (Å²) in [5.41, 5.74) is 8.07. The highest BCUT2D eigenvalue weighted by Gasteiger charge is 2.46. The van der Waals surface area contributed by atoms with E-state index < -0.39 is 48.8 Å². The lowest BCUT2D eigenvalue weighted by atomic mass is 10.1. The van der Waals surface area contributed by atoms with E-state index >= 15 is 0 Å². The van der Waals surface area contributed by atoms with Crippen molar-refractivity contribution < 1.29 is 42.2 Å².